The van der Waals surface area contributed by atoms with Gasteiger partial charge in [-0.05, 0) is 59.1 Å². The van der Waals surface area contributed by atoms with Crippen LogP contribution >= 0.6 is 81.2 Å². The highest BCUT2D eigenvalue weighted by molar-refractivity contribution is 14.1. The SMILES string of the molecule is O=C(CCl)N[C@H](NC(=S)Nc1ccc(I)cc1)C(Cl)(Cl)Cl. The van der Waals surface area contributed by atoms with Gasteiger partial charge in [0.25, 0.3) is 0 Å². The average Bonchev–Trinajstić information content (AvgIpc) is 2.39. The molecule has 1 aromatic rings. The molecule has 0 saturated heterocycles. The molecule has 0 fully saturated rings. The second kappa shape index (κ2) is 8.79. The second-order valence-corrected chi connectivity index (χ2v) is 8.07. The number of carbonyl (C=O) groups excluding carboxylic acids is 1. The molecule has 0 radical (unpaired) electrons. The fraction of sp³-hybridized carbons (Fsp3) is 0.273. The van der Waals surface area contributed by atoms with Crippen LogP contribution in [0.4, 0.5) is 5.69 Å². The Morgan fingerprint density at radius 1 is 1.24 bits per heavy atom. The Balaban J connectivity index is 2.67. The van der Waals surface area contributed by atoms with Crippen molar-refractivity contribution in [3.8, 4) is 0 Å². The summed E-state index contributed by atoms with van der Waals surface area (Å²) in [5, 5.41) is 8.26. The van der Waals surface area contributed by atoms with Gasteiger partial charge < -0.3 is 16.0 Å². The summed E-state index contributed by atoms with van der Waals surface area (Å²) in [5.41, 5.74) is 0.764. The average molecular weight is 501 g/mol. The van der Waals surface area contributed by atoms with Gasteiger partial charge in [0.1, 0.15) is 12.0 Å². The molecule has 0 aliphatic carbocycles. The predicted molar refractivity (Wildman–Crippen MR) is 101 cm³/mol. The molecular weight excluding hydrogens is 491 g/mol. The zero-order valence-corrected chi connectivity index (χ0v) is 16.3. The van der Waals surface area contributed by atoms with Crippen LogP contribution in [0.15, 0.2) is 24.3 Å². The number of hydrogen-bond donors (Lipinski definition) is 3. The first-order valence-electron chi connectivity index (χ1n) is 5.47. The van der Waals surface area contributed by atoms with E-state index in [0.29, 0.717) is 0 Å². The summed E-state index contributed by atoms with van der Waals surface area (Å²) in [4.78, 5) is 11.3. The standard InChI is InChI=1S/C11H10Cl4IN3OS/c12-5-8(20)18-9(11(13,14)15)19-10(21)17-7-3-1-6(16)2-4-7/h1-4,9H,5H2,(H,18,20)(H2,17,19,21)/t9-/m1/s1. The quantitative estimate of drug-likeness (QED) is 0.256. The minimum atomic E-state index is -1.79. The van der Waals surface area contributed by atoms with Gasteiger partial charge in [-0.3, -0.25) is 4.79 Å². The number of thiocarbonyl (C=S) groups is 1. The van der Waals surface area contributed by atoms with Gasteiger partial charge in [0.2, 0.25) is 9.70 Å². The van der Waals surface area contributed by atoms with Crippen LogP contribution in [0.3, 0.4) is 0 Å². The topological polar surface area (TPSA) is 53.2 Å². The molecular formula is C11H10Cl4IN3OS. The van der Waals surface area contributed by atoms with Gasteiger partial charge in [0.15, 0.2) is 5.11 Å². The number of anilines is 1. The van der Waals surface area contributed by atoms with E-state index in [9.17, 15) is 4.79 Å². The van der Waals surface area contributed by atoms with Gasteiger partial charge in [-0.25, -0.2) is 0 Å². The first-order chi connectivity index (χ1) is 9.72. The molecule has 10 heteroatoms. The fourth-order valence-corrected chi connectivity index (χ4v) is 2.23. The summed E-state index contributed by atoms with van der Waals surface area (Å²) >= 11 is 30.1. The van der Waals surface area contributed by atoms with E-state index in [4.69, 9.17) is 58.6 Å². The van der Waals surface area contributed by atoms with Crippen molar-refractivity contribution in [3.05, 3.63) is 27.8 Å². The van der Waals surface area contributed by atoms with Crippen molar-refractivity contribution in [2.24, 2.45) is 0 Å². The highest BCUT2D eigenvalue weighted by Crippen LogP contribution is 2.29. The Labute approximate surface area is 161 Å². The molecule has 0 aliphatic heterocycles. The molecule has 0 heterocycles. The Hall–Kier alpha value is 0.270. The molecule has 0 aromatic heterocycles. The molecule has 3 N–H and O–H groups in total. The van der Waals surface area contributed by atoms with E-state index in [1.807, 2.05) is 24.3 Å². The van der Waals surface area contributed by atoms with E-state index >= 15 is 0 Å². The summed E-state index contributed by atoms with van der Waals surface area (Å²) in [6, 6.07) is 7.51. The maximum Gasteiger partial charge on any atom is 0.236 e. The molecule has 1 rings (SSSR count). The number of rotatable bonds is 4. The maximum absolute atomic E-state index is 11.3. The van der Waals surface area contributed by atoms with Crippen molar-refractivity contribution in [1.29, 1.82) is 0 Å². The van der Waals surface area contributed by atoms with E-state index in [2.05, 4.69) is 38.5 Å². The third kappa shape index (κ3) is 7.38. The first kappa shape index (κ1) is 19.3. The second-order valence-electron chi connectivity index (χ2n) is 3.78. The van der Waals surface area contributed by atoms with Crippen LogP contribution in [0, 0.1) is 3.57 Å². The largest absolute Gasteiger partial charge is 0.339 e. The lowest BCUT2D eigenvalue weighted by molar-refractivity contribution is -0.119. The van der Waals surface area contributed by atoms with Gasteiger partial charge in [-0.2, -0.15) is 0 Å². The summed E-state index contributed by atoms with van der Waals surface area (Å²) in [5.74, 6) is -0.742. The Morgan fingerprint density at radius 3 is 2.29 bits per heavy atom. The number of amides is 1. The van der Waals surface area contributed by atoms with E-state index < -0.39 is 15.9 Å². The highest BCUT2D eigenvalue weighted by Gasteiger charge is 2.34. The lowest BCUT2D eigenvalue weighted by atomic mass is 10.3. The lowest BCUT2D eigenvalue weighted by Crippen LogP contribution is -2.56. The minimum Gasteiger partial charge on any atom is -0.339 e. The number of halogens is 5. The molecule has 116 valence electrons. The van der Waals surface area contributed by atoms with Crippen LogP contribution in [0.2, 0.25) is 0 Å². The summed E-state index contributed by atoms with van der Waals surface area (Å²) in [6.07, 6.45) is -1.02. The number of alkyl halides is 4. The maximum atomic E-state index is 11.3. The summed E-state index contributed by atoms with van der Waals surface area (Å²) in [6.45, 7) is 0. The van der Waals surface area contributed by atoms with Crippen molar-refractivity contribution in [3.63, 3.8) is 0 Å². The number of nitrogens with one attached hydrogen (secondary N) is 3. The Morgan fingerprint density at radius 2 is 1.81 bits per heavy atom. The van der Waals surface area contributed by atoms with E-state index in [1.54, 1.807) is 0 Å². The van der Waals surface area contributed by atoms with Crippen LogP contribution < -0.4 is 16.0 Å². The molecule has 0 spiro atoms. The van der Waals surface area contributed by atoms with Crippen molar-refractivity contribution < 1.29 is 4.79 Å². The zero-order chi connectivity index (χ0) is 16.0. The van der Waals surface area contributed by atoms with Crippen molar-refractivity contribution in [2.45, 2.75) is 9.96 Å². The van der Waals surface area contributed by atoms with Crippen LogP contribution in [-0.4, -0.2) is 26.9 Å². The number of hydrogen-bond acceptors (Lipinski definition) is 2. The van der Waals surface area contributed by atoms with Gasteiger partial charge >= 0.3 is 0 Å². The molecule has 0 aliphatic rings. The molecule has 0 bridgehead atoms. The van der Waals surface area contributed by atoms with Crippen LogP contribution in [0.25, 0.3) is 0 Å². The molecule has 1 atom stereocenters. The summed E-state index contributed by atoms with van der Waals surface area (Å²) < 4.78 is -0.704. The smallest absolute Gasteiger partial charge is 0.236 e. The normalized spacial score (nSPS) is 12.4. The summed E-state index contributed by atoms with van der Waals surface area (Å²) in [7, 11) is 0. The van der Waals surface area contributed by atoms with Crippen molar-refractivity contribution in [1.82, 2.24) is 10.6 Å². The van der Waals surface area contributed by atoms with Gasteiger partial charge in [0, 0.05) is 9.26 Å². The molecule has 4 nitrogen and oxygen atoms in total. The van der Waals surface area contributed by atoms with Gasteiger partial charge in [-0.15, -0.1) is 11.6 Å². The highest BCUT2D eigenvalue weighted by atomic mass is 127. The van der Waals surface area contributed by atoms with Crippen molar-refractivity contribution in [2.75, 3.05) is 11.2 Å². The molecule has 21 heavy (non-hydrogen) atoms. The molecule has 1 amide bonds. The third-order valence-electron chi connectivity index (χ3n) is 2.13. The zero-order valence-electron chi connectivity index (χ0n) is 10.3. The van der Waals surface area contributed by atoms with E-state index in [-0.39, 0.29) is 11.0 Å². The molecule has 0 unspecified atom stereocenters. The van der Waals surface area contributed by atoms with E-state index in [1.165, 1.54) is 0 Å². The fourth-order valence-electron chi connectivity index (χ4n) is 1.23. The first-order valence-corrected chi connectivity index (χ1v) is 8.63. The van der Waals surface area contributed by atoms with Gasteiger partial charge in [-0.1, -0.05) is 34.8 Å². The van der Waals surface area contributed by atoms with Crippen LogP contribution in [0.1, 0.15) is 0 Å². The van der Waals surface area contributed by atoms with E-state index in [0.717, 1.165) is 9.26 Å². The minimum absolute atomic E-state index is 0.197. The van der Waals surface area contributed by atoms with Gasteiger partial charge in [0.05, 0.1) is 0 Å². The lowest BCUT2D eigenvalue weighted by Gasteiger charge is -2.27. The van der Waals surface area contributed by atoms with Crippen LogP contribution in [-0.2, 0) is 4.79 Å². The Bertz CT molecular complexity index is 509. The van der Waals surface area contributed by atoms with Crippen LogP contribution in [0.5, 0.6) is 0 Å². The third-order valence-corrected chi connectivity index (χ3v) is 3.97. The number of carbonyl (C=O) groups is 1. The monoisotopic (exact) mass is 499 g/mol. The molecule has 1 aromatic carbocycles. The Kier molecular flexibility index (Phi) is 8.08. The predicted octanol–water partition coefficient (Wildman–Crippen LogP) is 3.63. The number of benzene rings is 1. The van der Waals surface area contributed by atoms with Crippen molar-refractivity contribution >= 4 is 97.9 Å². The molecule has 0 saturated carbocycles.